The van der Waals surface area contributed by atoms with Crippen LogP contribution in [-0.2, 0) is 19.5 Å². The summed E-state index contributed by atoms with van der Waals surface area (Å²) in [5, 5.41) is 10.8. The molecule has 3 rings (SSSR count). The summed E-state index contributed by atoms with van der Waals surface area (Å²) in [7, 11) is 1.65. The molecule has 2 N–H and O–H groups in total. The van der Waals surface area contributed by atoms with Gasteiger partial charge >= 0.3 is 0 Å². The molecular formula is C18H24N4O. The molecule has 23 heavy (non-hydrogen) atoms. The summed E-state index contributed by atoms with van der Waals surface area (Å²) < 4.78 is 2.11. The Labute approximate surface area is 137 Å². The number of hydrogen-bond donors (Lipinski definition) is 2. The Morgan fingerprint density at radius 1 is 1.35 bits per heavy atom. The van der Waals surface area contributed by atoms with E-state index in [1.54, 1.807) is 7.05 Å². The van der Waals surface area contributed by atoms with Crippen molar-refractivity contribution in [3.63, 3.8) is 0 Å². The van der Waals surface area contributed by atoms with Gasteiger partial charge in [0.2, 0.25) is 0 Å². The van der Waals surface area contributed by atoms with Gasteiger partial charge in [-0.3, -0.25) is 9.48 Å². The van der Waals surface area contributed by atoms with Gasteiger partial charge in [0.25, 0.3) is 5.91 Å². The maximum Gasteiger partial charge on any atom is 0.251 e. The second-order valence-corrected chi connectivity index (χ2v) is 5.96. The molecule has 1 aromatic heterocycles. The van der Waals surface area contributed by atoms with Crippen molar-refractivity contribution in [1.29, 1.82) is 0 Å². The Balaban J connectivity index is 1.65. The van der Waals surface area contributed by atoms with Crippen LogP contribution >= 0.6 is 0 Å². The van der Waals surface area contributed by atoms with Crippen LogP contribution in [0, 0.1) is 0 Å². The number of amides is 1. The number of aryl methyl sites for hydroxylation is 1. The summed E-state index contributed by atoms with van der Waals surface area (Å²) in [4.78, 5) is 11.6. The Kier molecular flexibility index (Phi) is 4.76. The van der Waals surface area contributed by atoms with Crippen LogP contribution in [-0.4, -0.2) is 22.7 Å². The SMILES string of the molecule is CCn1ncc2c1CCC[C@@H]2NCc1ccc(C(=O)NC)cc1. The largest absolute Gasteiger partial charge is 0.355 e. The molecule has 122 valence electrons. The molecular weight excluding hydrogens is 288 g/mol. The van der Waals surface area contributed by atoms with E-state index in [0.717, 1.165) is 25.9 Å². The standard InChI is InChI=1S/C18H24N4O/c1-3-22-17-6-4-5-16(15(17)12-21-22)20-11-13-7-9-14(10-8-13)18(23)19-2/h7-10,12,16,20H,3-6,11H2,1-2H3,(H,19,23)/t16-/m0/s1. The van der Waals surface area contributed by atoms with Gasteiger partial charge in [0, 0.05) is 43.0 Å². The zero-order valence-electron chi connectivity index (χ0n) is 13.8. The zero-order chi connectivity index (χ0) is 16.2. The number of aromatic nitrogens is 2. The number of carbonyl (C=O) groups excluding carboxylic acids is 1. The van der Waals surface area contributed by atoms with E-state index in [9.17, 15) is 4.79 Å². The van der Waals surface area contributed by atoms with Crippen molar-refractivity contribution in [3.05, 3.63) is 52.8 Å². The summed E-state index contributed by atoms with van der Waals surface area (Å²) in [6.45, 7) is 3.87. The van der Waals surface area contributed by atoms with Crippen molar-refractivity contribution in [1.82, 2.24) is 20.4 Å². The summed E-state index contributed by atoms with van der Waals surface area (Å²) >= 11 is 0. The Morgan fingerprint density at radius 2 is 2.13 bits per heavy atom. The molecule has 5 heteroatoms. The van der Waals surface area contributed by atoms with Crippen molar-refractivity contribution < 1.29 is 4.79 Å². The van der Waals surface area contributed by atoms with Gasteiger partial charge in [-0.1, -0.05) is 12.1 Å². The van der Waals surface area contributed by atoms with E-state index in [1.165, 1.54) is 23.2 Å². The quantitative estimate of drug-likeness (QED) is 0.891. The smallest absolute Gasteiger partial charge is 0.251 e. The molecule has 5 nitrogen and oxygen atoms in total. The van der Waals surface area contributed by atoms with Crippen molar-refractivity contribution in [2.24, 2.45) is 0 Å². The second kappa shape index (κ2) is 6.96. The number of carbonyl (C=O) groups is 1. The van der Waals surface area contributed by atoms with Gasteiger partial charge in [-0.05, 0) is 43.9 Å². The highest BCUT2D eigenvalue weighted by Gasteiger charge is 2.23. The molecule has 0 fully saturated rings. The van der Waals surface area contributed by atoms with Crippen LogP contribution in [0.4, 0.5) is 0 Å². The second-order valence-electron chi connectivity index (χ2n) is 5.96. The lowest BCUT2D eigenvalue weighted by Gasteiger charge is -2.24. The van der Waals surface area contributed by atoms with Crippen LogP contribution in [0.5, 0.6) is 0 Å². The molecule has 1 aliphatic carbocycles. The number of rotatable bonds is 5. The minimum atomic E-state index is -0.0478. The molecule has 1 amide bonds. The third-order valence-electron chi connectivity index (χ3n) is 4.56. The predicted octanol–water partition coefficient (Wildman–Crippen LogP) is 2.43. The molecule has 1 aromatic carbocycles. The molecule has 1 aliphatic rings. The molecule has 0 aliphatic heterocycles. The fourth-order valence-electron chi connectivity index (χ4n) is 3.26. The maximum atomic E-state index is 11.6. The minimum absolute atomic E-state index is 0.0478. The monoisotopic (exact) mass is 312 g/mol. The molecule has 0 spiro atoms. The maximum absolute atomic E-state index is 11.6. The van der Waals surface area contributed by atoms with E-state index in [-0.39, 0.29) is 5.91 Å². The lowest BCUT2D eigenvalue weighted by molar-refractivity contribution is 0.0963. The number of fused-ring (bicyclic) bond motifs is 1. The molecule has 0 radical (unpaired) electrons. The van der Waals surface area contributed by atoms with E-state index in [0.29, 0.717) is 11.6 Å². The van der Waals surface area contributed by atoms with Crippen LogP contribution in [0.25, 0.3) is 0 Å². The highest BCUT2D eigenvalue weighted by atomic mass is 16.1. The van der Waals surface area contributed by atoms with Gasteiger partial charge < -0.3 is 10.6 Å². The Bertz CT molecular complexity index is 675. The van der Waals surface area contributed by atoms with E-state index in [4.69, 9.17) is 0 Å². The first-order valence-corrected chi connectivity index (χ1v) is 8.32. The first kappa shape index (κ1) is 15.7. The fourth-order valence-corrected chi connectivity index (χ4v) is 3.26. The average molecular weight is 312 g/mol. The van der Waals surface area contributed by atoms with E-state index in [2.05, 4.69) is 27.3 Å². The van der Waals surface area contributed by atoms with Gasteiger partial charge in [0.1, 0.15) is 0 Å². The van der Waals surface area contributed by atoms with E-state index < -0.39 is 0 Å². The Morgan fingerprint density at radius 3 is 2.83 bits per heavy atom. The molecule has 0 saturated carbocycles. The zero-order valence-corrected chi connectivity index (χ0v) is 13.8. The van der Waals surface area contributed by atoms with Crippen LogP contribution in [0.1, 0.15) is 53.0 Å². The lowest BCUT2D eigenvalue weighted by atomic mass is 9.92. The summed E-state index contributed by atoms with van der Waals surface area (Å²) in [6.07, 6.45) is 5.50. The van der Waals surface area contributed by atoms with Crippen LogP contribution in [0.3, 0.4) is 0 Å². The van der Waals surface area contributed by atoms with Crippen molar-refractivity contribution in [2.45, 2.75) is 45.3 Å². The first-order chi connectivity index (χ1) is 11.2. The molecule has 0 saturated heterocycles. The number of hydrogen-bond acceptors (Lipinski definition) is 3. The van der Waals surface area contributed by atoms with Crippen molar-refractivity contribution in [3.8, 4) is 0 Å². The number of nitrogens with zero attached hydrogens (tertiary/aromatic N) is 2. The van der Waals surface area contributed by atoms with Crippen LogP contribution in [0.2, 0.25) is 0 Å². The van der Waals surface area contributed by atoms with Gasteiger partial charge in [-0.2, -0.15) is 5.10 Å². The molecule has 1 atom stereocenters. The topological polar surface area (TPSA) is 59.0 Å². The molecule has 0 bridgehead atoms. The van der Waals surface area contributed by atoms with E-state index in [1.807, 2.05) is 30.5 Å². The number of benzene rings is 1. The highest BCUT2D eigenvalue weighted by Crippen LogP contribution is 2.29. The van der Waals surface area contributed by atoms with Gasteiger partial charge in [0.15, 0.2) is 0 Å². The summed E-state index contributed by atoms with van der Waals surface area (Å²) in [5.41, 5.74) is 4.61. The highest BCUT2D eigenvalue weighted by molar-refractivity contribution is 5.93. The van der Waals surface area contributed by atoms with Crippen molar-refractivity contribution in [2.75, 3.05) is 7.05 Å². The van der Waals surface area contributed by atoms with Crippen LogP contribution in [0.15, 0.2) is 30.5 Å². The fraction of sp³-hybridized carbons (Fsp3) is 0.444. The first-order valence-electron chi connectivity index (χ1n) is 8.32. The Hall–Kier alpha value is -2.14. The average Bonchev–Trinajstić information content (AvgIpc) is 3.03. The number of nitrogens with one attached hydrogen (secondary N) is 2. The molecule has 1 heterocycles. The van der Waals surface area contributed by atoms with Gasteiger partial charge in [-0.25, -0.2) is 0 Å². The van der Waals surface area contributed by atoms with Crippen molar-refractivity contribution >= 4 is 5.91 Å². The molecule has 2 aromatic rings. The summed E-state index contributed by atoms with van der Waals surface area (Å²) in [5.74, 6) is -0.0478. The lowest BCUT2D eigenvalue weighted by Crippen LogP contribution is -2.25. The van der Waals surface area contributed by atoms with Crippen LogP contribution < -0.4 is 10.6 Å². The summed E-state index contributed by atoms with van der Waals surface area (Å²) in [6, 6.07) is 8.14. The predicted molar refractivity (Wildman–Crippen MR) is 90.3 cm³/mol. The third-order valence-corrected chi connectivity index (χ3v) is 4.56. The van der Waals surface area contributed by atoms with Gasteiger partial charge in [0.05, 0.1) is 6.20 Å². The normalized spacial score (nSPS) is 16.9. The third kappa shape index (κ3) is 3.29. The van der Waals surface area contributed by atoms with E-state index >= 15 is 0 Å². The molecule has 0 unspecified atom stereocenters. The minimum Gasteiger partial charge on any atom is -0.355 e. The van der Waals surface area contributed by atoms with Gasteiger partial charge in [-0.15, -0.1) is 0 Å².